The molecule has 19 heavy (non-hydrogen) atoms. The summed E-state index contributed by atoms with van der Waals surface area (Å²) in [5.41, 5.74) is -3.59. The molecule has 0 aromatic rings. The molecule has 0 aromatic heterocycles. The molecule has 0 saturated carbocycles. The molecule has 0 aromatic carbocycles. The summed E-state index contributed by atoms with van der Waals surface area (Å²) in [6, 6.07) is -2.05. The van der Waals surface area contributed by atoms with E-state index < -0.39 is 34.7 Å². The van der Waals surface area contributed by atoms with Crippen molar-refractivity contribution in [3.05, 3.63) is 0 Å². The summed E-state index contributed by atoms with van der Waals surface area (Å²) < 4.78 is 43.5. The third-order valence-electron chi connectivity index (χ3n) is 2.05. The molecule has 2 N–H and O–H groups in total. The van der Waals surface area contributed by atoms with E-state index in [1.165, 1.54) is 20.8 Å². The maximum absolute atomic E-state index is 12.9. The highest BCUT2D eigenvalue weighted by Crippen LogP contribution is 2.35. The predicted molar refractivity (Wildman–Crippen MR) is 71.2 cm³/mol. The van der Waals surface area contributed by atoms with Crippen LogP contribution < -0.4 is 5.32 Å². The van der Waals surface area contributed by atoms with Crippen molar-refractivity contribution in [1.82, 2.24) is 5.32 Å². The predicted octanol–water partition coefficient (Wildman–Crippen LogP) is 1.93. The zero-order valence-electron chi connectivity index (χ0n) is 10.5. The van der Waals surface area contributed by atoms with Crippen LogP contribution in [0.25, 0.3) is 0 Å². The van der Waals surface area contributed by atoms with E-state index in [-0.39, 0.29) is 0 Å². The lowest BCUT2D eigenvalue weighted by atomic mass is 9.95. The molecule has 0 bridgehead atoms. The molecule has 112 valence electrons. The maximum atomic E-state index is 12.9. The van der Waals surface area contributed by atoms with Crippen LogP contribution in [0.5, 0.6) is 0 Å². The topological polar surface area (TPSA) is 58.6 Å². The van der Waals surface area contributed by atoms with Crippen molar-refractivity contribution in [3.8, 4) is 0 Å². The molecular weight excluding hydrogens is 351 g/mol. The number of aliphatic hydroxyl groups is 1. The Labute approximate surface area is 122 Å². The van der Waals surface area contributed by atoms with Crippen LogP contribution in [0.1, 0.15) is 20.8 Å². The number of ether oxygens (including phenoxy) is 1. The van der Waals surface area contributed by atoms with Crippen LogP contribution in [-0.4, -0.2) is 45.3 Å². The second-order valence-electron chi connectivity index (χ2n) is 4.81. The van der Waals surface area contributed by atoms with Crippen molar-refractivity contribution in [3.63, 3.8) is 0 Å². The number of halogens is 4. The van der Waals surface area contributed by atoms with Gasteiger partial charge in [0.2, 0.25) is 5.60 Å². The molecule has 0 fully saturated rings. The minimum atomic E-state index is -5.04. The van der Waals surface area contributed by atoms with Crippen molar-refractivity contribution in [2.75, 3.05) is 5.33 Å². The minimum Gasteiger partial charge on any atom is -0.458 e. The maximum Gasteiger partial charge on any atom is 0.420 e. The second-order valence-corrected chi connectivity index (χ2v) is 5.60. The van der Waals surface area contributed by atoms with Crippen LogP contribution in [0.15, 0.2) is 0 Å². The minimum absolute atomic E-state index is 0.730. The summed E-state index contributed by atoms with van der Waals surface area (Å²) >= 11 is 6.95. The summed E-state index contributed by atoms with van der Waals surface area (Å²) in [5.74, 6) is -1.24. The van der Waals surface area contributed by atoms with Gasteiger partial charge in [-0.2, -0.15) is 13.2 Å². The molecule has 0 radical (unpaired) electrons. The molecule has 0 aliphatic carbocycles. The van der Waals surface area contributed by atoms with Crippen molar-refractivity contribution >= 4 is 39.6 Å². The first kappa shape index (κ1) is 18.6. The molecule has 0 rings (SSSR count). The van der Waals surface area contributed by atoms with Crippen LogP contribution >= 0.6 is 28.1 Å². The monoisotopic (exact) mass is 365 g/mol. The lowest BCUT2D eigenvalue weighted by molar-refractivity contribution is -0.261. The normalized spacial score (nSPS) is 17.3. The van der Waals surface area contributed by atoms with Crippen molar-refractivity contribution < 1.29 is 27.8 Å². The fraction of sp³-hybridized carbons (Fsp3) is 0.800. The molecule has 0 heterocycles. The van der Waals surface area contributed by atoms with Gasteiger partial charge in [0.05, 0.1) is 5.49 Å². The van der Waals surface area contributed by atoms with E-state index >= 15 is 0 Å². The van der Waals surface area contributed by atoms with Crippen molar-refractivity contribution in [2.45, 2.75) is 44.2 Å². The van der Waals surface area contributed by atoms with Crippen LogP contribution in [0.4, 0.5) is 13.2 Å². The number of rotatable bonds is 5. The van der Waals surface area contributed by atoms with E-state index in [1.807, 2.05) is 5.32 Å². The Bertz CT molecular complexity index is 346. The zero-order chi connectivity index (χ0) is 15.5. The van der Waals surface area contributed by atoms with Gasteiger partial charge in [0.25, 0.3) is 0 Å². The Hall–Kier alpha value is -0.410. The Morgan fingerprint density at radius 1 is 1.47 bits per heavy atom. The number of esters is 1. The zero-order valence-corrected chi connectivity index (χ0v) is 12.9. The highest BCUT2D eigenvalue weighted by atomic mass is 79.9. The second kappa shape index (κ2) is 6.36. The number of hydrogen-bond acceptors (Lipinski definition) is 4. The van der Waals surface area contributed by atoms with E-state index in [0.29, 0.717) is 0 Å². The standard InChI is InChI=1S/C10H15BrF3NO3S/c1-8(2,3)18-7(16)6(15-5-19)9(17,4-11)10(12,13)14/h5-6,17H,4H2,1-3H3,(H,15,19)/t6-,9-/m1/s1. The van der Waals surface area contributed by atoms with Crippen molar-refractivity contribution in [1.29, 1.82) is 0 Å². The van der Waals surface area contributed by atoms with Crippen molar-refractivity contribution in [2.24, 2.45) is 0 Å². The molecule has 4 nitrogen and oxygen atoms in total. The third-order valence-corrected chi connectivity index (χ3v) is 3.04. The molecule has 0 saturated heterocycles. The summed E-state index contributed by atoms with van der Waals surface area (Å²) in [6.45, 7) is 4.50. The molecule has 0 spiro atoms. The van der Waals surface area contributed by atoms with Gasteiger partial charge in [0.1, 0.15) is 5.60 Å². The number of hydrogen-bond donors (Lipinski definition) is 2. The van der Waals surface area contributed by atoms with Crippen LogP contribution in [-0.2, 0) is 9.53 Å². The highest BCUT2D eigenvalue weighted by Gasteiger charge is 2.61. The summed E-state index contributed by atoms with van der Waals surface area (Å²) in [6.07, 6.45) is -5.04. The van der Waals surface area contributed by atoms with Crippen LogP contribution in [0.3, 0.4) is 0 Å². The number of carbonyl (C=O) groups excluding carboxylic acids is 1. The average molecular weight is 366 g/mol. The lowest BCUT2D eigenvalue weighted by Gasteiger charge is -2.36. The van der Waals surface area contributed by atoms with Gasteiger partial charge in [-0.1, -0.05) is 28.1 Å². The number of thiocarbonyl (C=S) groups is 1. The van der Waals surface area contributed by atoms with E-state index in [4.69, 9.17) is 4.74 Å². The molecule has 0 aliphatic heterocycles. The van der Waals surface area contributed by atoms with Gasteiger partial charge in [-0.3, -0.25) is 0 Å². The van der Waals surface area contributed by atoms with E-state index in [9.17, 15) is 23.1 Å². The van der Waals surface area contributed by atoms with E-state index in [0.717, 1.165) is 5.49 Å². The van der Waals surface area contributed by atoms with Gasteiger partial charge in [0, 0.05) is 5.33 Å². The molecular formula is C10H15BrF3NO3S. The smallest absolute Gasteiger partial charge is 0.420 e. The average Bonchev–Trinajstić information content (AvgIpc) is 2.20. The van der Waals surface area contributed by atoms with Crippen LogP contribution in [0, 0.1) is 0 Å². The fourth-order valence-corrected chi connectivity index (χ4v) is 1.92. The Balaban J connectivity index is 5.40. The molecule has 0 aliphatic rings. The first-order chi connectivity index (χ1) is 8.39. The van der Waals surface area contributed by atoms with Gasteiger partial charge in [-0.25, -0.2) is 4.79 Å². The first-order valence-corrected chi connectivity index (χ1v) is 6.76. The van der Waals surface area contributed by atoms with Gasteiger partial charge >= 0.3 is 12.1 Å². The Morgan fingerprint density at radius 3 is 2.21 bits per heavy atom. The number of nitrogens with one attached hydrogen (secondary N) is 1. The van der Waals surface area contributed by atoms with Gasteiger partial charge < -0.3 is 15.2 Å². The summed E-state index contributed by atoms with van der Waals surface area (Å²) in [7, 11) is 0. The SMILES string of the molecule is CC(C)(C)OC(=O)[C@@H](NC=S)[C@](O)(CBr)C(F)(F)F. The Kier molecular flexibility index (Phi) is 6.22. The number of alkyl halides is 4. The fourth-order valence-electron chi connectivity index (χ4n) is 1.15. The lowest BCUT2D eigenvalue weighted by Crippen LogP contribution is -2.64. The molecule has 0 amide bonds. The number of carbonyl (C=O) groups is 1. The molecule has 2 atom stereocenters. The molecule has 9 heteroatoms. The first-order valence-electron chi connectivity index (χ1n) is 5.16. The molecule has 0 unspecified atom stereocenters. The van der Waals surface area contributed by atoms with Crippen LogP contribution in [0.2, 0.25) is 0 Å². The third kappa shape index (κ3) is 4.88. The van der Waals surface area contributed by atoms with Gasteiger partial charge in [-0.15, -0.1) is 0 Å². The quantitative estimate of drug-likeness (QED) is 0.443. The summed E-state index contributed by atoms with van der Waals surface area (Å²) in [4.78, 5) is 11.8. The highest BCUT2D eigenvalue weighted by molar-refractivity contribution is 9.09. The largest absolute Gasteiger partial charge is 0.458 e. The van der Waals surface area contributed by atoms with Gasteiger partial charge in [-0.05, 0) is 20.8 Å². The Morgan fingerprint density at radius 2 is 1.95 bits per heavy atom. The van der Waals surface area contributed by atoms with Gasteiger partial charge in [0.15, 0.2) is 6.04 Å². The van der Waals surface area contributed by atoms with E-state index in [2.05, 4.69) is 28.1 Å². The van der Waals surface area contributed by atoms with E-state index in [1.54, 1.807) is 0 Å². The summed E-state index contributed by atoms with van der Waals surface area (Å²) in [5, 5.41) is 10.8.